The lowest BCUT2D eigenvalue weighted by Gasteiger charge is -2.37. The van der Waals surface area contributed by atoms with Gasteiger partial charge in [-0.05, 0) is 29.1 Å². The highest BCUT2D eigenvalue weighted by molar-refractivity contribution is 7.10. The van der Waals surface area contributed by atoms with Crippen molar-refractivity contribution in [3.63, 3.8) is 0 Å². The molecule has 10 nitrogen and oxygen atoms in total. The number of methoxy groups -OCH3 is 1. The molecule has 0 amide bonds. The highest BCUT2D eigenvalue weighted by Crippen LogP contribution is 2.33. The Balaban J connectivity index is 1.76. The van der Waals surface area contributed by atoms with Gasteiger partial charge in [-0.25, -0.2) is 0 Å². The minimum absolute atomic E-state index is 0.419. The first-order valence-electron chi connectivity index (χ1n) is 8.74. The van der Waals surface area contributed by atoms with E-state index in [0.29, 0.717) is 12.2 Å². The van der Waals surface area contributed by atoms with E-state index in [0.717, 1.165) is 16.2 Å². The van der Waals surface area contributed by atoms with Gasteiger partial charge in [-0.1, -0.05) is 27.7 Å². The van der Waals surface area contributed by atoms with Crippen molar-refractivity contribution in [2.45, 2.75) is 37.0 Å². The Morgan fingerprint density at radius 1 is 1.10 bits per heavy atom. The summed E-state index contributed by atoms with van der Waals surface area (Å²) in [4.78, 5) is 33.7. The Bertz CT molecular complexity index is 844. The van der Waals surface area contributed by atoms with Crippen LogP contribution in [0.2, 0.25) is 0 Å². The van der Waals surface area contributed by atoms with Gasteiger partial charge < -0.3 is 19.3 Å². The van der Waals surface area contributed by atoms with Gasteiger partial charge in [0.2, 0.25) is 6.29 Å². The first-order chi connectivity index (χ1) is 14.1. The molecule has 0 saturated carbocycles. The predicted octanol–water partition coefficient (Wildman–Crippen LogP) is 2.85. The van der Waals surface area contributed by atoms with Crippen molar-refractivity contribution in [1.82, 2.24) is 0 Å². The van der Waals surface area contributed by atoms with Crippen LogP contribution in [0.5, 0.6) is 11.5 Å². The molecule has 1 N–H and O–H groups in total. The van der Waals surface area contributed by atoms with Crippen LogP contribution in [0, 0.1) is 14.7 Å². The van der Waals surface area contributed by atoms with Crippen LogP contribution in [0.4, 0.5) is 0 Å². The molecule has 3 rings (SSSR count). The largest absolute Gasteiger partial charge is 0.497 e. The topological polar surface area (TPSA) is 136 Å². The summed E-state index contributed by atoms with van der Waals surface area (Å²) in [7, 11) is 1.59. The van der Waals surface area contributed by atoms with E-state index >= 15 is 0 Å². The molecule has 1 aliphatic rings. The van der Waals surface area contributed by atoms with Gasteiger partial charge in [-0.3, -0.25) is 0 Å². The zero-order chi connectivity index (χ0) is 20.8. The number of aliphatic hydroxyl groups is 1. The molecule has 154 valence electrons. The molecule has 2 heterocycles. The Kier molecular flexibility index (Phi) is 6.96. The van der Waals surface area contributed by atoms with Gasteiger partial charge in [0.25, 0.3) is 0 Å². The van der Waals surface area contributed by atoms with Crippen LogP contribution in [0.3, 0.4) is 0 Å². The number of aliphatic hydroxyl groups excluding tert-OH is 1. The maximum absolute atomic E-state index is 11.2. The summed E-state index contributed by atoms with van der Waals surface area (Å²) in [6, 6.07) is 6.53. The normalized spacial score (nSPS) is 26.5. The van der Waals surface area contributed by atoms with E-state index in [-0.39, 0.29) is 0 Å². The lowest BCUT2D eigenvalue weighted by Crippen LogP contribution is -2.58. The summed E-state index contributed by atoms with van der Waals surface area (Å²) in [6.45, 7) is -0.419. The van der Waals surface area contributed by atoms with Crippen LogP contribution < -0.4 is 9.47 Å². The molecule has 0 spiro atoms. The molecule has 1 fully saturated rings. The first-order valence-corrected chi connectivity index (χ1v) is 9.62. The number of nitrogens with zero attached hydrogens (tertiary/aromatic N) is 3. The van der Waals surface area contributed by atoms with Crippen molar-refractivity contribution < 1.29 is 19.3 Å². The molecule has 1 saturated heterocycles. The fourth-order valence-corrected chi connectivity index (χ4v) is 3.95. The second kappa shape index (κ2) is 9.63. The molecule has 5 atom stereocenters. The molecule has 11 heteroatoms. The number of thiophene rings is 1. The van der Waals surface area contributed by atoms with Gasteiger partial charge in [0, 0.05) is 6.42 Å². The summed E-state index contributed by atoms with van der Waals surface area (Å²) < 4.78 is 16.4. The smallest absolute Gasteiger partial charge is 0.228 e. The molecule has 29 heavy (non-hydrogen) atoms. The third kappa shape index (κ3) is 4.63. The molecule has 1 aromatic heterocycles. The predicted molar refractivity (Wildman–Crippen MR) is 105 cm³/mol. The number of benzene rings is 1. The number of rotatable bonds is 9. The van der Waals surface area contributed by atoms with Crippen molar-refractivity contribution in [3.8, 4) is 11.5 Å². The summed E-state index contributed by atoms with van der Waals surface area (Å²) in [5, 5.41) is 20.5. The minimum Gasteiger partial charge on any atom is -0.497 e. The molecule has 0 bridgehead atoms. The Morgan fingerprint density at radius 2 is 1.83 bits per heavy atom. The Hall–Kier alpha value is -2.76. The van der Waals surface area contributed by atoms with Gasteiger partial charge in [-0.15, -0.1) is 11.3 Å². The fourth-order valence-electron chi connectivity index (χ4n) is 3.11. The van der Waals surface area contributed by atoms with Crippen molar-refractivity contribution in [2.75, 3.05) is 13.7 Å². The average Bonchev–Trinajstić information content (AvgIpc) is 3.17. The Morgan fingerprint density at radius 3 is 2.45 bits per heavy atom. The second-order valence-corrected chi connectivity index (χ2v) is 7.39. The van der Waals surface area contributed by atoms with Gasteiger partial charge in [0.05, 0.1) is 12.0 Å². The summed E-state index contributed by atoms with van der Waals surface area (Å²) in [5.41, 5.74) is 1.02. The van der Waals surface area contributed by atoms with Gasteiger partial charge in [-0.2, -0.15) is 14.7 Å². The van der Waals surface area contributed by atoms with E-state index in [4.69, 9.17) is 14.2 Å². The maximum atomic E-state index is 11.2. The maximum Gasteiger partial charge on any atom is 0.228 e. The van der Waals surface area contributed by atoms with Crippen LogP contribution in [-0.2, 0) is 11.2 Å². The molecule has 1 aliphatic heterocycles. The highest BCUT2D eigenvalue weighted by Gasteiger charge is 2.49. The van der Waals surface area contributed by atoms with Gasteiger partial charge >= 0.3 is 0 Å². The van der Waals surface area contributed by atoms with Gasteiger partial charge in [0.15, 0.2) is 6.04 Å². The van der Waals surface area contributed by atoms with Crippen LogP contribution in [0.15, 0.2) is 51.2 Å². The monoisotopic (exact) mass is 421 g/mol. The molecular weight excluding hydrogens is 402 g/mol. The summed E-state index contributed by atoms with van der Waals surface area (Å²) >= 11 is 1.45. The van der Waals surface area contributed by atoms with Crippen molar-refractivity contribution >= 4 is 11.3 Å². The van der Waals surface area contributed by atoms with E-state index < -0.39 is 37.1 Å². The average molecular weight is 421 g/mol. The van der Waals surface area contributed by atoms with Crippen molar-refractivity contribution in [1.29, 1.82) is 0 Å². The lowest BCUT2D eigenvalue weighted by molar-refractivity contribution is -0.210. The van der Waals surface area contributed by atoms with Crippen LogP contribution in [-0.4, -0.2) is 49.3 Å². The third-order valence-corrected chi connectivity index (χ3v) is 5.54. The van der Waals surface area contributed by atoms with E-state index in [1.54, 1.807) is 13.2 Å². The van der Waals surface area contributed by atoms with Crippen LogP contribution in [0.1, 0.15) is 10.4 Å². The summed E-state index contributed by atoms with van der Waals surface area (Å²) in [5.74, 6) is 1.20. The number of nitroso groups, excluding NO2 is 3. The van der Waals surface area contributed by atoms with E-state index in [2.05, 4.69) is 15.5 Å². The first kappa shape index (κ1) is 21.0. The van der Waals surface area contributed by atoms with Crippen LogP contribution >= 0.6 is 11.3 Å². The molecule has 0 radical (unpaired) electrons. The van der Waals surface area contributed by atoms with E-state index in [1.165, 1.54) is 11.3 Å². The van der Waals surface area contributed by atoms with Gasteiger partial charge in [0.1, 0.15) is 36.3 Å². The zero-order valence-corrected chi connectivity index (χ0v) is 16.2. The Labute approximate surface area is 169 Å². The van der Waals surface area contributed by atoms with Crippen molar-refractivity contribution in [3.05, 3.63) is 60.9 Å². The standard InChI is InChI=1S/C18H19N3O7S/c1-26-11-4-2-10(3-5-11)8-14-12(6-7-29-14)27-18-17(22)16(21-25)15(20-24)13(28-18)9-19-23/h2-7,13,15-18,22H,8-9H2,1H3/t13-,15+,16?,17+,18?/m1/s1. The molecular formula is C18H19N3O7S. The second-order valence-electron chi connectivity index (χ2n) is 6.39. The quantitative estimate of drug-likeness (QED) is 0.615. The molecule has 1 aromatic carbocycles. The zero-order valence-electron chi connectivity index (χ0n) is 15.4. The molecule has 0 aliphatic carbocycles. The highest BCUT2D eigenvalue weighted by atomic mass is 32.1. The van der Waals surface area contributed by atoms with E-state index in [1.807, 2.05) is 29.6 Å². The minimum atomic E-state index is -1.52. The summed E-state index contributed by atoms with van der Waals surface area (Å²) in [6.07, 6.45) is -3.37. The third-order valence-electron chi connectivity index (χ3n) is 4.64. The lowest BCUT2D eigenvalue weighted by atomic mass is 9.95. The molecule has 2 aromatic rings. The van der Waals surface area contributed by atoms with E-state index in [9.17, 15) is 19.8 Å². The number of hydrogen-bond acceptors (Lipinski definition) is 11. The number of hydrogen-bond donors (Lipinski definition) is 1. The van der Waals surface area contributed by atoms with Crippen LogP contribution in [0.25, 0.3) is 0 Å². The molecule has 2 unspecified atom stereocenters. The SMILES string of the molecule is COc1ccc(Cc2sccc2OC2O[C@H](CN=O)[C@H](N=O)C(N=O)[C@@H]2O)cc1. The van der Waals surface area contributed by atoms with Crippen molar-refractivity contribution in [2.24, 2.45) is 15.5 Å². The fraction of sp³-hybridized carbons (Fsp3) is 0.444. The number of ether oxygens (including phenoxy) is 3.